The van der Waals surface area contributed by atoms with Crippen LogP contribution in [0, 0.1) is 29.4 Å². The molecular weight excluding hydrogens is 314 g/mol. The van der Waals surface area contributed by atoms with Gasteiger partial charge < -0.3 is 0 Å². The summed E-state index contributed by atoms with van der Waals surface area (Å²) in [6.45, 7) is 2.31. The highest BCUT2D eigenvalue weighted by Gasteiger charge is 2.25. The molecule has 0 bridgehead atoms. The molecule has 25 heavy (non-hydrogen) atoms. The lowest BCUT2D eigenvalue weighted by atomic mass is 9.74. The Morgan fingerprint density at radius 1 is 0.720 bits per heavy atom. The highest BCUT2D eigenvalue weighted by Crippen LogP contribution is 2.40. The van der Waals surface area contributed by atoms with Gasteiger partial charge in [0.15, 0.2) is 11.6 Å². The van der Waals surface area contributed by atoms with Crippen molar-refractivity contribution in [2.45, 2.75) is 89.9 Å². The fraction of sp³-hybridized carbons (Fsp3) is 0.739. The van der Waals surface area contributed by atoms with Gasteiger partial charge in [0.25, 0.3) is 0 Å². The molecule has 0 heterocycles. The zero-order chi connectivity index (χ0) is 17.6. The van der Waals surface area contributed by atoms with Crippen LogP contribution < -0.4 is 0 Å². The SMILES string of the molecule is CCC[C@H]1CC[C@H](CC[C@H]2CC[C@H](c3ccc(F)c(F)c3)CC2)CC1. The first-order valence-electron chi connectivity index (χ1n) is 10.6. The Balaban J connectivity index is 1.37. The van der Waals surface area contributed by atoms with Crippen LogP contribution >= 0.6 is 0 Å². The third kappa shape index (κ3) is 5.28. The van der Waals surface area contributed by atoms with Crippen LogP contribution in [0.4, 0.5) is 8.78 Å². The van der Waals surface area contributed by atoms with E-state index in [1.54, 1.807) is 6.07 Å². The quantitative estimate of drug-likeness (QED) is 0.496. The Labute approximate surface area is 152 Å². The van der Waals surface area contributed by atoms with Gasteiger partial charge in [-0.1, -0.05) is 64.4 Å². The van der Waals surface area contributed by atoms with E-state index in [2.05, 4.69) is 6.92 Å². The third-order valence-electron chi connectivity index (χ3n) is 6.91. The zero-order valence-electron chi connectivity index (χ0n) is 15.8. The van der Waals surface area contributed by atoms with Crippen molar-refractivity contribution in [3.05, 3.63) is 35.4 Å². The van der Waals surface area contributed by atoms with Crippen LogP contribution in [-0.4, -0.2) is 0 Å². The minimum Gasteiger partial charge on any atom is -0.204 e. The summed E-state index contributed by atoms with van der Waals surface area (Å²) in [4.78, 5) is 0. The Kier molecular flexibility index (Phi) is 6.90. The first kappa shape index (κ1) is 18.9. The molecule has 0 amide bonds. The average molecular weight is 349 g/mol. The number of hydrogen-bond acceptors (Lipinski definition) is 0. The monoisotopic (exact) mass is 348 g/mol. The molecular formula is C23H34F2. The summed E-state index contributed by atoms with van der Waals surface area (Å²) in [5.41, 5.74) is 0.992. The standard InChI is InChI=1S/C23H34F2/c1-2-3-17-4-6-18(7-5-17)8-9-19-10-12-20(13-11-19)21-14-15-22(24)23(25)16-21/h14-20H,2-13H2,1H3/t17-,18-,19-,20-. The van der Waals surface area contributed by atoms with Gasteiger partial charge in [-0.15, -0.1) is 0 Å². The van der Waals surface area contributed by atoms with Crippen LogP contribution in [0.25, 0.3) is 0 Å². The molecule has 1 aromatic rings. The first-order chi connectivity index (χ1) is 12.2. The molecule has 0 atom stereocenters. The molecule has 2 fully saturated rings. The topological polar surface area (TPSA) is 0 Å². The summed E-state index contributed by atoms with van der Waals surface area (Å²) in [7, 11) is 0. The molecule has 0 N–H and O–H groups in total. The van der Waals surface area contributed by atoms with Crippen LogP contribution in [0.2, 0.25) is 0 Å². The van der Waals surface area contributed by atoms with Crippen molar-refractivity contribution >= 4 is 0 Å². The molecule has 140 valence electrons. The van der Waals surface area contributed by atoms with Gasteiger partial charge in [0.2, 0.25) is 0 Å². The van der Waals surface area contributed by atoms with Gasteiger partial charge in [-0.2, -0.15) is 0 Å². The van der Waals surface area contributed by atoms with Gasteiger partial charge in [0.1, 0.15) is 0 Å². The maximum atomic E-state index is 13.4. The van der Waals surface area contributed by atoms with Crippen LogP contribution in [-0.2, 0) is 0 Å². The maximum Gasteiger partial charge on any atom is 0.159 e. The minimum atomic E-state index is -0.730. The van der Waals surface area contributed by atoms with Crippen LogP contribution in [0.15, 0.2) is 18.2 Å². The molecule has 3 rings (SSSR count). The smallest absolute Gasteiger partial charge is 0.159 e. The van der Waals surface area contributed by atoms with Crippen molar-refractivity contribution < 1.29 is 8.78 Å². The van der Waals surface area contributed by atoms with Crippen molar-refractivity contribution in [3.8, 4) is 0 Å². The van der Waals surface area contributed by atoms with Crippen molar-refractivity contribution in [1.29, 1.82) is 0 Å². The van der Waals surface area contributed by atoms with Gasteiger partial charge in [0, 0.05) is 0 Å². The molecule has 0 aliphatic heterocycles. The third-order valence-corrected chi connectivity index (χ3v) is 6.91. The second kappa shape index (κ2) is 9.14. The van der Waals surface area contributed by atoms with E-state index in [1.165, 1.54) is 76.3 Å². The zero-order valence-corrected chi connectivity index (χ0v) is 15.8. The lowest BCUT2D eigenvalue weighted by molar-refractivity contribution is 0.224. The van der Waals surface area contributed by atoms with Gasteiger partial charge in [0.05, 0.1) is 0 Å². The molecule has 2 saturated carbocycles. The van der Waals surface area contributed by atoms with E-state index in [0.717, 1.165) is 36.2 Å². The Hall–Kier alpha value is -0.920. The predicted octanol–water partition coefficient (Wildman–Crippen LogP) is 7.63. The Bertz CT molecular complexity index is 523. The number of halogens is 2. The predicted molar refractivity (Wildman–Crippen MR) is 101 cm³/mol. The van der Waals surface area contributed by atoms with Crippen molar-refractivity contribution in [2.24, 2.45) is 17.8 Å². The van der Waals surface area contributed by atoms with E-state index in [0.29, 0.717) is 5.92 Å². The van der Waals surface area contributed by atoms with E-state index in [-0.39, 0.29) is 0 Å². The van der Waals surface area contributed by atoms with Gasteiger partial charge >= 0.3 is 0 Å². The van der Waals surface area contributed by atoms with E-state index in [9.17, 15) is 8.78 Å². The molecule has 2 aliphatic carbocycles. The normalized spacial score (nSPS) is 30.4. The van der Waals surface area contributed by atoms with Gasteiger partial charge in [-0.25, -0.2) is 8.78 Å². The lowest BCUT2D eigenvalue weighted by Gasteiger charge is -2.32. The summed E-state index contributed by atoms with van der Waals surface area (Å²) >= 11 is 0. The molecule has 1 aromatic carbocycles. The molecule has 0 unspecified atom stereocenters. The van der Waals surface area contributed by atoms with Crippen molar-refractivity contribution in [2.75, 3.05) is 0 Å². The first-order valence-corrected chi connectivity index (χ1v) is 10.6. The van der Waals surface area contributed by atoms with E-state index in [4.69, 9.17) is 0 Å². The molecule has 0 saturated heterocycles. The second-order valence-electron chi connectivity index (χ2n) is 8.64. The van der Waals surface area contributed by atoms with E-state index < -0.39 is 11.6 Å². The molecule has 0 aromatic heterocycles. The Morgan fingerprint density at radius 3 is 1.76 bits per heavy atom. The number of rotatable bonds is 6. The van der Waals surface area contributed by atoms with Gasteiger partial charge in [-0.3, -0.25) is 0 Å². The fourth-order valence-corrected chi connectivity index (χ4v) is 5.24. The largest absolute Gasteiger partial charge is 0.204 e. The van der Waals surface area contributed by atoms with Crippen LogP contribution in [0.3, 0.4) is 0 Å². The minimum absolute atomic E-state index is 0.427. The van der Waals surface area contributed by atoms with Crippen molar-refractivity contribution in [1.82, 2.24) is 0 Å². The van der Waals surface area contributed by atoms with Gasteiger partial charge in [-0.05, 0) is 67.1 Å². The maximum absolute atomic E-state index is 13.4. The van der Waals surface area contributed by atoms with E-state index >= 15 is 0 Å². The summed E-state index contributed by atoms with van der Waals surface area (Å²) in [5, 5.41) is 0. The van der Waals surface area contributed by atoms with Crippen LogP contribution in [0.5, 0.6) is 0 Å². The average Bonchev–Trinajstić information content (AvgIpc) is 2.64. The Morgan fingerprint density at radius 2 is 1.24 bits per heavy atom. The molecule has 0 radical (unpaired) electrons. The summed E-state index contributed by atoms with van der Waals surface area (Å²) < 4.78 is 26.5. The molecule has 0 nitrogen and oxygen atoms in total. The van der Waals surface area contributed by atoms with Crippen LogP contribution in [0.1, 0.15) is 95.5 Å². The second-order valence-corrected chi connectivity index (χ2v) is 8.64. The highest BCUT2D eigenvalue weighted by atomic mass is 19.2. The molecule has 0 spiro atoms. The fourth-order valence-electron chi connectivity index (χ4n) is 5.24. The highest BCUT2D eigenvalue weighted by molar-refractivity contribution is 5.22. The molecule has 2 aliphatic rings. The summed E-state index contributed by atoms with van der Waals surface area (Å²) in [6, 6.07) is 4.47. The number of hydrogen-bond donors (Lipinski definition) is 0. The van der Waals surface area contributed by atoms with Crippen molar-refractivity contribution in [3.63, 3.8) is 0 Å². The summed E-state index contributed by atoms with van der Waals surface area (Å²) in [5.74, 6) is 1.83. The van der Waals surface area contributed by atoms with E-state index in [1.807, 2.05) is 0 Å². The molecule has 2 heteroatoms. The number of benzene rings is 1. The summed E-state index contributed by atoms with van der Waals surface area (Å²) in [6.07, 6.45) is 16.2. The lowest BCUT2D eigenvalue weighted by Crippen LogP contribution is -2.17.